The van der Waals surface area contributed by atoms with Gasteiger partial charge in [-0.2, -0.15) is 0 Å². The van der Waals surface area contributed by atoms with E-state index in [9.17, 15) is 9.59 Å². The molecule has 7 heteroatoms. The SMILES string of the molecule is Cc1cccc(C[NH+]2CCN(C(=O)CNC(=O)c3ccc(Br)o3)CC2)c1. The summed E-state index contributed by atoms with van der Waals surface area (Å²) in [5.41, 5.74) is 2.60. The third kappa shape index (κ3) is 4.95. The number of furan rings is 1. The van der Waals surface area contributed by atoms with Crippen LogP contribution in [0.1, 0.15) is 21.7 Å². The second-order valence-corrected chi connectivity index (χ2v) is 7.36. The minimum absolute atomic E-state index is 0.00956. The number of amides is 2. The number of benzene rings is 1. The Kier molecular flexibility index (Phi) is 6.11. The molecule has 0 bridgehead atoms. The summed E-state index contributed by atoms with van der Waals surface area (Å²) in [6.45, 7) is 6.32. The number of piperazine rings is 1. The zero-order valence-corrected chi connectivity index (χ0v) is 16.3. The van der Waals surface area contributed by atoms with E-state index in [0.29, 0.717) is 17.8 Å². The van der Waals surface area contributed by atoms with Crippen molar-refractivity contribution in [3.05, 3.63) is 58.0 Å². The Morgan fingerprint density at radius 3 is 2.65 bits per heavy atom. The van der Waals surface area contributed by atoms with E-state index in [1.54, 1.807) is 12.1 Å². The molecule has 3 rings (SSSR count). The fourth-order valence-electron chi connectivity index (χ4n) is 3.15. The summed E-state index contributed by atoms with van der Waals surface area (Å²) in [5, 5.41) is 2.62. The van der Waals surface area contributed by atoms with Crippen molar-refractivity contribution in [1.82, 2.24) is 10.2 Å². The lowest BCUT2D eigenvalue weighted by molar-refractivity contribution is -0.917. The Balaban J connectivity index is 1.42. The van der Waals surface area contributed by atoms with E-state index in [-0.39, 0.29) is 24.1 Å². The van der Waals surface area contributed by atoms with Crippen LogP contribution in [-0.2, 0) is 11.3 Å². The quantitative estimate of drug-likeness (QED) is 0.758. The Labute approximate surface area is 161 Å². The molecular weight excluding hydrogens is 398 g/mol. The number of carbonyl (C=O) groups excluding carboxylic acids is 2. The van der Waals surface area contributed by atoms with Crippen molar-refractivity contribution in [3.8, 4) is 0 Å². The van der Waals surface area contributed by atoms with Crippen LogP contribution >= 0.6 is 15.9 Å². The second-order valence-electron chi connectivity index (χ2n) is 6.58. The van der Waals surface area contributed by atoms with Gasteiger partial charge in [0.1, 0.15) is 6.54 Å². The van der Waals surface area contributed by atoms with Crippen LogP contribution in [0.3, 0.4) is 0 Å². The second kappa shape index (κ2) is 8.51. The average molecular weight is 421 g/mol. The fourth-order valence-corrected chi connectivity index (χ4v) is 3.46. The van der Waals surface area contributed by atoms with Crippen LogP contribution in [0.5, 0.6) is 0 Å². The first kappa shape index (κ1) is 18.7. The highest BCUT2D eigenvalue weighted by molar-refractivity contribution is 9.10. The number of hydrogen-bond donors (Lipinski definition) is 2. The Hall–Kier alpha value is -2.12. The highest BCUT2D eigenvalue weighted by Crippen LogP contribution is 2.13. The van der Waals surface area contributed by atoms with Gasteiger partial charge in [0, 0.05) is 5.56 Å². The predicted octanol–water partition coefficient (Wildman–Crippen LogP) is 1.01. The molecule has 0 spiro atoms. The Bertz CT molecular complexity index is 782. The molecule has 138 valence electrons. The maximum Gasteiger partial charge on any atom is 0.287 e. The molecule has 1 aliphatic heterocycles. The first-order valence-electron chi connectivity index (χ1n) is 8.71. The molecule has 0 aliphatic carbocycles. The van der Waals surface area contributed by atoms with Gasteiger partial charge in [0.05, 0.1) is 32.7 Å². The van der Waals surface area contributed by atoms with Gasteiger partial charge in [-0.1, -0.05) is 29.8 Å². The van der Waals surface area contributed by atoms with Crippen LogP contribution in [0.15, 0.2) is 45.5 Å². The Morgan fingerprint density at radius 2 is 2.00 bits per heavy atom. The van der Waals surface area contributed by atoms with Crippen LogP contribution < -0.4 is 10.2 Å². The summed E-state index contributed by atoms with van der Waals surface area (Å²) in [6.07, 6.45) is 0. The van der Waals surface area contributed by atoms with E-state index in [1.807, 2.05) is 4.90 Å². The number of nitrogens with zero attached hydrogens (tertiary/aromatic N) is 1. The monoisotopic (exact) mass is 420 g/mol. The normalized spacial score (nSPS) is 15.1. The summed E-state index contributed by atoms with van der Waals surface area (Å²) in [5.74, 6) is -0.247. The molecule has 26 heavy (non-hydrogen) atoms. The van der Waals surface area contributed by atoms with Crippen molar-refractivity contribution in [1.29, 1.82) is 0 Å². The summed E-state index contributed by atoms with van der Waals surface area (Å²) in [6, 6.07) is 11.8. The molecule has 1 aliphatic rings. The van der Waals surface area contributed by atoms with E-state index in [2.05, 4.69) is 52.4 Å². The van der Waals surface area contributed by atoms with Crippen LogP contribution in [-0.4, -0.2) is 49.4 Å². The molecular formula is C19H23BrN3O3+. The van der Waals surface area contributed by atoms with E-state index in [4.69, 9.17) is 4.42 Å². The number of carbonyl (C=O) groups is 2. The average Bonchev–Trinajstić information content (AvgIpc) is 3.06. The highest BCUT2D eigenvalue weighted by atomic mass is 79.9. The van der Waals surface area contributed by atoms with Gasteiger partial charge < -0.3 is 19.5 Å². The molecule has 0 radical (unpaired) electrons. The van der Waals surface area contributed by atoms with Crippen molar-refractivity contribution >= 4 is 27.7 Å². The Morgan fingerprint density at radius 1 is 1.23 bits per heavy atom. The van der Waals surface area contributed by atoms with Crippen LogP contribution in [0.2, 0.25) is 0 Å². The first-order valence-corrected chi connectivity index (χ1v) is 9.51. The molecule has 1 saturated heterocycles. The predicted molar refractivity (Wildman–Crippen MR) is 101 cm³/mol. The number of aryl methyl sites for hydroxylation is 1. The van der Waals surface area contributed by atoms with Crippen molar-refractivity contribution in [2.75, 3.05) is 32.7 Å². The molecule has 1 fully saturated rings. The van der Waals surface area contributed by atoms with Gasteiger partial charge in [-0.3, -0.25) is 9.59 Å². The summed E-state index contributed by atoms with van der Waals surface area (Å²) in [7, 11) is 0. The lowest BCUT2D eigenvalue weighted by Crippen LogP contribution is -3.13. The van der Waals surface area contributed by atoms with Gasteiger partial charge >= 0.3 is 0 Å². The first-order chi connectivity index (χ1) is 12.5. The van der Waals surface area contributed by atoms with Crippen LogP contribution in [0.4, 0.5) is 0 Å². The van der Waals surface area contributed by atoms with Gasteiger partial charge in [-0.25, -0.2) is 0 Å². The third-order valence-electron chi connectivity index (χ3n) is 4.56. The van der Waals surface area contributed by atoms with Gasteiger partial charge in [-0.15, -0.1) is 0 Å². The molecule has 2 aromatic rings. The van der Waals surface area contributed by atoms with E-state index >= 15 is 0 Å². The molecule has 2 N–H and O–H groups in total. The van der Waals surface area contributed by atoms with E-state index in [1.165, 1.54) is 16.0 Å². The lowest BCUT2D eigenvalue weighted by atomic mass is 10.1. The molecule has 2 amide bonds. The maximum absolute atomic E-state index is 12.3. The molecule has 0 unspecified atom stereocenters. The fraction of sp³-hybridized carbons (Fsp3) is 0.368. The number of halogens is 1. The molecule has 0 saturated carbocycles. The maximum atomic E-state index is 12.3. The lowest BCUT2D eigenvalue weighted by Gasteiger charge is -2.32. The van der Waals surface area contributed by atoms with Crippen molar-refractivity contribution in [2.24, 2.45) is 0 Å². The summed E-state index contributed by atoms with van der Waals surface area (Å²) in [4.78, 5) is 27.5. The zero-order chi connectivity index (χ0) is 18.5. The number of hydrogen-bond acceptors (Lipinski definition) is 3. The van der Waals surface area contributed by atoms with E-state index in [0.717, 1.165) is 19.6 Å². The molecule has 6 nitrogen and oxygen atoms in total. The van der Waals surface area contributed by atoms with Gasteiger partial charge in [-0.05, 0) is 35.0 Å². The summed E-state index contributed by atoms with van der Waals surface area (Å²) < 4.78 is 5.67. The molecule has 1 aromatic heterocycles. The minimum Gasteiger partial charge on any atom is -0.444 e. The van der Waals surface area contributed by atoms with Crippen LogP contribution in [0.25, 0.3) is 0 Å². The smallest absolute Gasteiger partial charge is 0.287 e. The van der Waals surface area contributed by atoms with Gasteiger partial charge in [0.25, 0.3) is 5.91 Å². The molecule has 0 atom stereocenters. The zero-order valence-electron chi connectivity index (χ0n) is 14.8. The number of nitrogens with one attached hydrogen (secondary N) is 2. The largest absolute Gasteiger partial charge is 0.444 e. The molecule has 1 aromatic carbocycles. The standard InChI is InChI=1S/C19H22BrN3O3/c1-14-3-2-4-15(11-14)13-22-7-9-23(10-8-22)18(24)12-21-19(25)16-5-6-17(20)26-16/h2-6,11H,7-10,12-13H2,1H3,(H,21,25)/p+1. The van der Waals surface area contributed by atoms with E-state index < -0.39 is 0 Å². The minimum atomic E-state index is -0.382. The van der Waals surface area contributed by atoms with Gasteiger partial charge in [0.15, 0.2) is 10.4 Å². The highest BCUT2D eigenvalue weighted by Gasteiger charge is 2.24. The number of quaternary nitrogens is 1. The third-order valence-corrected chi connectivity index (χ3v) is 4.98. The van der Waals surface area contributed by atoms with Crippen molar-refractivity contribution < 1.29 is 18.9 Å². The molecule has 2 heterocycles. The van der Waals surface area contributed by atoms with Gasteiger partial charge in [0.2, 0.25) is 5.91 Å². The van der Waals surface area contributed by atoms with Crippen molar-refractivity contribution in [2.45, 2.75) is 13.5 Å². The number of rotatable bonds is 5. The van der Waals surface area contributed by atoms with Crippen LogP contribution in [0, 0.1) is 6.92 Å². The van der Waals surface area contributed by atoms with Crippen molar-refractivity contribution in [3.63, 3.8) is 0 Å². The summed E-state index contributed by atoms with van der Waals surface area (Å²) >= 11 is 3.15. The topological polar surface area (TPSA) is 67.0 Å².